The van der Waals surface area contributed by atoms with Crippen LogP contribution in [0.5, 0.6) is 0 Å². The molecular weight excluding hydrogens is 188 g/mol. The van der Waals surface area contributed by atoms with E-state index in [1.807, 2.05) is 11.8 Å². The lowest BCUT2D eigenvalue weighted by Gasteiger charge is -2.19. The molecular formula is C13H10S. The highest BCUT2D eigenvalue weighted by molar-refractivity contribution is 8.03. The summed E-state index contributed by atoms with van der Waals surface area (Å²) in [4.78, 5) is 2.78. The van der Waals surface area contributed by atoms with Crippen LogP contribution < -0.4 is 0 Å². The quantitative estimate of drug-likeness (QED) is 0.606. The van der Waals surface area contributed by atoms with Crippen LogP contribution in [0, 0.1) is 0 Å². The third-order valence-electron chi connectivity index (χ3n) is 2.51. The summed E-state index contributed by atoms with van der Waals surface area (Å²) in [7, 11) is 0. The van der Waals surface area contributed by atoms with E-state index in [-0.39, 0.29) is 0 Å². The molecule has 0 nitrogen and oxygen atoms in total. The molecule has 2 aliphatic rings. The van der Waals surface area contributed by atoms with Crippen molar-refractivity contribution in [2.24, 2.45) is 0 Å². The molecule has 0 amide bonds. The van der Waals surface area contributed by atoms with E-state index >= 15 is 0 Å². The molecule has 0 unspecified atom stereocenters. The van der Waals surface area contributed by atoms with Gasteiger partial charge in [-0.25, -0.2) is 0 Å². The number of benzene rings is 1. The first kappa shape index (κ1) is 8.13. The van der Waals surface area contributed by atoms with E-state index in [1.54, 1.807) is 0 Å². The summed E-state index contributed by atoms with van der Waals surface area (Å²) in [6, 6.07) is 8.57. The van der Waals surface area contributed by atoms with Crippen molar-refractivity contribution in [3.8, 4) is 0 Å². The summed E-state index contributed by atoms with van der Waals surface area (Å²) in [6.45, 7) is 0. The Morgan fingerprint density at radius 2 is 2.07 bits per heavy atom. The fourth-order valence-electron chi connectivity index (χ4n) is 1.79. The Morgan fingerprint density at radius 1 is 1.14 bits per heavy atom. The van der Waals surface area contributed by atoms with Gasteiger partial charge in [0.25, 0.3) is 0 Å². The Morgan fingerprint density at radius 3 is 3.07 bits per heavy atom. The summed E-state index contributed by atoms with van der Waals surface area (Å²) >= 11 is 1.88. The average molecular weight is 198 g/mol. The molecule has 1 aromatic rings. The van der Waals surface area contributed by atoms with Gasteiger partial charge >= 0.3 is 0 Å². The van der Waals surface area contributed by atoms with E-state index in [0.717, 1.165) is 6.42 Å². The minimum absolute atomic E-state index is 1.08. The third-order valence-corrected chi connectivity index (χ3v) is 3.72. The minimum atomic E-state index is 1.08. The minimum Gasteiger partial charge on any atom is -0.0892 e. The molecule has 14 heavy (non-hydrogen) atoms. The van der Waals surface area contributed by atoms with Crippen LogP contribution in [0.25, 0.3) is 6.08 Å². The van der Waals surface area contributed by atoms with E-state index in [4.69, 9.17) is 0 Å². The lowest BCUT2D eigenvalue weighted by molar-refractivity contribution is 1.24. The van der Waals surface area contributed by atoms with Crippen LogP contribution in [0.15, 0.2) is 57.9 Å². The summed E-state index contributed by atoms with van der Waals surface area (Å²) in [6.07, 6.45) is 9.95. The Labute approximate surface area is 88.0 Å². The van der Waals surface area contributed by atoms with Crippen molar-refractivity contribution in [2.75, 3.05) is 0 Å². The fourth-order valence-corrected chi connectivity index (χ4v) is 2.83. The van der Waals surface area contributed by atoms with E-state index in [9.17, 15) is 0 Å². The van der Waals surface area contributed by atoms with E-state index in [1.165, 1.54) is 20.9 Å². The number of fused-ring (bicyclic) bond motifs is 2. The van der Waals surface area contributed by atoms with Crippen molar-refractivity contribution >= 4 is 17.8 Å². The molecule has 0 aromatic heterocycles. The van der Waals surface area contributed by atoms with Gasteiger partial charge in [0.05, 0.1) is 0 Å². The van der Waals surface area contributed by atoms with Gasteiger partial charge in [-0.15, -0.1) is 0 Å². The number of hydrogen-bond acceptors (Lipinski definition) is 1. The predicted molar refractivity (Wildman–Crippen MR) is 62.1 cm³/mol. The molecule has 0 radical (unpaired) electrons. The zero-order valence-corrected chi connectivity index (χ0v) is 8.55. The van der Waals surface area contributed by atoms with Gasteiger partial charge in [-0.3, -0.25) is 0 Å². The van der Waals surface area contributed by atoms with E-state index in [0.29, 0.717) is 0 Å². The first-order chi connectivity index (χ1) is 6.93. The highest BCUT2D eigenvalue weighted by Crippen LogP contribution is 2.42. The maximum Gasteiger partial charge on any atom is 0.0195 e. The Bertz CT molecular complexity index is 464. The van der Waals surface area contributed by atoms with Gasteiger partial charge in [0.2, 0.25) is 0 Å². The standard InChI is InChI=1S/C13H10S/c1-3-7-12-10(5-1)9-11-6-2-4-8-13(11)14-12/h1-5,7-9H,6H2. The lowest BCUT2D eigenvalue weighted by Crippen LogP contribution is -1.95. The lowest BCUT2D eigenvalue weighted by atomic mass is 10.0. The molecule has 1 heteroatoms. The van der Waals surface area contributed by atoms with Crippen molar-refractivity contribution in [3.63, 3.8) is 0 Å². The third kappa shape index (κ3) is 1.25. The smallest absolute Gasteiger partial charge is 0.0195 e. The van der Waals surface area contributed by atoms with Gasteiger partial charge in [0, 0.05) is 9.80 Å². The second-order valence-corrected chi connectivity index (χ2v) is 4.56. The second kappa shape index (κ2) is 3.18. The van der Waals surface area contributed by atoms with Gasteiger partial charge in [0.15, 0.2) is 0 Å². The molecule has 1 aliphatic carbocycles. The van der Waals surface area contributed by atoms with Crippen molar-refractivity contribution in [1.29, 1.82) is 0 Å². The topological polar surface area (TPSA) is 0 Å². The van der Waals surface area contributed by atoms with Crippen LogP contribution in [0.2, 0.25) is 0 Å². The molecule has 3 rings (SSSR count). The maximum absolute atomic E-state index is 2.31. The Balaban J connectivity index is 2.15. The summed E-state index contributed by atoms with van der Waals surface area (Å²) in [5, 5.41) is 0. The molecule has 0 fully saturated rings. The number of rotatable bonds is 0. The molecule has 68 valence electrons. The largest absolute Gasteiger partial charge is 0.0892 e. The first-order valence-corrected chi connectivity index (χ1v) is 5.60. The molecule has 0 saturated carbocycles. The average Bonchev–Trinajstić information content (AvgIpc) is 2.26. The second-order valence-electron chi connectivity index (χ2n) is 3.47. The molecule has 0 spiro atoms. The van der Waals surface area contributed by atoms with Crippen LogP contribution in [-0.4, -0.2) is 0 Å². The molecule has 1 aliphatic heterocycles. The highest BCUT2D eigenvalue weighted by Gasteiger charge is 2.15. The van der Waals surface area contributed by atoms with Crippen molar-refractivity contribution in [2.45, 2.75) is 11.3 Å². The molecule has 0 bridgehead atoms. The Kier molecular flexibility index (Phi) is 1.84. The SMILES string of the molecule is C1=CCC2=Cc3ccccc3SC2=C1. The van der Waals surface area contributed by atoms with Gasteiger partial charge in [-0.05, 0) is 35.8 Å². The highest BCUT2D eigenvalue weighted by atomic mass is 32.2. The van der Waals surface area contributed by atoms with Crippen LogP contribution in [-0.2, 0) is 0 Å². The number of allylic oxidation sites excluding steroid dienone is 4. The van der Waals surface area contributed by atoms with Crippen molar-refractivity contribution < 1.29 is 0 Å². The molecule has 0 N–H and O–H groups in total. The summed E-state index contributed by atoms with van der Waals surface area (Å²) in [5.74, 6) is 0. The molecule has 0 atom stereocenters. The van der Waals surface area contributed by atoms with Gasteiger partial charge in [-0.1, -0.05) is 42.1 Å². The summed E-state index contributed by atoms with van der Waals surface area (Å²) < 4.78 is 0. The monoisotopic (exact) mass is 198 g/mol. The molecule has 1 aromatic carbocycles. The van der Waals surface area contributed by atoms with Gasteiger partial charge in [-0.2, -0.15) is 0 Å². The maximum atomic E-state index is 2.31. The fraction of sp³-hybridized carbons (Fsp3) is 0.0769. The molecule has 1 heterocycles. The zero-order valence-electron chi connectivity index (χ0n) is 7.73. The predicted octanol–water partition coefficient (Wildman–Crippen LogP) is 4.02. The first-order valence-electron chi connectivity index (χ1n) is 4.78. The number of hydrogen-bond donors (Lipinski definition) is 0. The van der Waals surface area contributed by atoms with Crippen molar-refractivity contribution in [1.82, 2.24) is 0 Å². The normalized spacial score (nSPS) is 18.0. The van der Waals surface area contributed by atoms with Crippen molar-refractivity contribution in [3.05, 3.63) is 58.5 Å². The van der Waals surface area contributed by atoms with E-state index < -0.39 is 0 Å². The zero-order chi connectivity index (χ0) is 9.38. The van der Waals surface area contributed by atoms with Crippen LogP contribution in [0.4, 0.5) is 0 Å². The van der Waals surface area contributed by atoms with Crippen LogP contribution in [0.3, 0.4) is 0 Å². The van der Waals surface area contributed by atoms with Gasteiger partial charge < -0.3 is 0 Å². The Hall–Kier alpha value is -1.21. The number of thioether (sulfide) groups is 1. The van der Waals surface area contributed by atoms with E-state index in [2.05, 4.69) is 48.6 Å². The summed E-state index contributed by atoms with van der Waals surface area (Å²) in [5.41, 5.74) is 2.82. The van der Waals surface area contributed by atoms with Gasteiger partial charge in [0.1, 0.15) is 0 Å². The molecule has 0 saturated heterocycles. The van der Waals surface area contributed by atoms with Crippen LogP contribution in [0.1, 0.15) is 12.0 Å². The van der Waals surface area contributed by atoms with Crippen LogP contribution >= 0.6 is 11.8 Å².